The minimum absolute atomic E-state index is 0.0657. The van der Waals surface area contributed by atoms with Crippen LogP contribution in [0.25, 0.3) is 0 Å². The highest BCUT2D eigenvalue weighted by Crippen LogP contribution is 2.67. The molecule has 4 fully saturated rings. The van der Waals surface area contributed by atoms with Gasteiger partial charge in [0.15, 0.2) is 0 Å². The van der Waals surface area contributed by atoms with Crippen LogP contribution in [0, 0.1) is 34.5 Å². The number of aliphatic hydroxyl groups excluding tert-OH is 1. The fourth-order valence-electron chi connectivity index (χ4n) is 7.65. The molecule has 0 aromatic carbocycles. The maximum Gasteiger partial charge on any atom is 0.330 e. The van der Waals surface area contributed by atoms with Gasteiger partial charge in [-0.3, -0.25) is 0 Å². The van der Waals surface area contributed by atoms with Crippen molar-refractivity contribution in [3.63, 3.8) is 0 Å². The molecule has 0 bridgehead atoms. The Morgan fingerprint density at radius 3 is 2.73 bits per heavy atom. The Kier molecular flexibility index (Phi) is 4.74. The largest absolute Gasteiger partial charge is 0.463 e. The predicted octanol–water partition coefficient (Wildman–Crippen LogP) is 4.88. The number of hydrogen-bond acceptors (Lipinski definition) is 3. The van der Waals surface area contributed by atoms with E-state index < -0.39 is 0 Å². The van der Waals surface area contributed by atoms with Gasteiger partial charge in [0.25, 0.3) is 0 Å². The minimum atomic E-state index is -0.150. The van der Waals surface area contributed by atoms with Gasteiger partial charge in [-0.1, -0.05) is 19.4 Å². The summed E-state index contributed by atoms with van der Waals surface area (Å²) < 4.78 is 5.19. The van der Waals surface area contributed by atoms with Crippen LogP contribution in [0.2, 0.25) is 0 Å². The van der Waals surface area contributed by atoms with Crippen molar-refractivity contribution < 1.29 is 14.6 Å². The number of esters is 1. The van der Waals surface area contributed by atoms with Crippen LogP contribution in [-0.2, 0) is 9.53 Å². The molecule has 4 aliphatic rings. The summed E-state index contributed by atoms with van der Waals surface area (Å²) in [5.74, 6) is 2.91. The Balaban J connectivity index is 1.57. The fourth-order valence-corrected chi connectivity index (χ4v) is 7.65. The van der Waals surface area contributed by atoms with Crippen molar-refractivity contribution in [1.82, 2.24) is 0 Å². The number of carbonyl (C=O) groups is 1. The van der Waals surface area contributed by atoms with Crippen molar-refractivity contribution in [1.29, 1.82) is 0 Å². The van der Waals surface area contributed by atoms with Gasteiger partial charge < -0.3 is 9.84 Å². The summed E-state index contributed by atoms with van der Waals surface area (Å²) in [6.45, 7) is 7.29. The van der Waals surface area contributed by atoms with E-state index in [1.807, 2.05) is 13.0 Å². The second-order valence-corrected chi connectivity index (χ2v) is 10.0. The van der Waals surface area contributed by atoms with Crippen molar-refractivity contribution in [2.45, 2.75) is 84.7 Å². The summed E-state index contributed by atoms with van der Waals surface area (Å²) in [5, 5.41) is 10.2. The average Bonchev–Trinajstić information content (AvgIpc) is 2.92. The molecule has 0 aromatic rings. The third kappa shape index (κ3) is 2.77. The van der Waals surface area contributed by atoms with Gasteiger partial charge in [0, 0.05) is 6.08 Å². The van der Waals surface area contributed by atoms with E-state index in [9.17, 15) is 9.90 Å². The first-order valence-corrected chi connectivity index (χ1v) is 10.9. The lowest BCUT2D eigenvalue weighted by Crippen LogP contribution is -2.53. The number of carbonyl (C=O) groups excluding carboxylic acids is 1. The van der Waals surface area contributed by atoms with Crippen LogP contribution in [0.1, 0.15) is 78.6 Å². The van der Waals surface area contributed by atoms with Crippen LogP contribution >= 0.6 is 0 Å². The molecule has 0 aromatic heterocycles. The molecule has 4 saturated carbocycles. The molecule has 0 saturated heterocycles. The number of aliphatic hydroxyl groups is 1. The molecule has 3 heteroatoms. The van der Waals surface area contributed by atoms with Crippen molar-refractivity contribution >= 4 is 5.97 Å². The van der Waals surface area contributed by atoms with Gasteiger partial charge in [-0.25, -0.2) is 4.79 Å². The number of rotatable bonds is 2. The maximum atomic E-state index is 12.0. The molecule has 0 aliphatic heterocycles. The fraction of sp³-hybridized carbons (Fsp3) is 0.870. The Hall–Kier alpha value is -0.830. The molecule has 0 spiro atoms. The van der Waals surface area contributed by atoms with Gasteiger partial charge in [0.1, 0.15) is 0 Å². The molecule has 7 atom stereocenters. The van der Waals surface area contributed by atoms with Gasteiger partial charge >= 0.3 is 5.97 Å². The summed E-state index contributed by atoms with van der Waals surface area (Å²) >= 11 is 0. The zero-order chi connectivity index (χ0) is 18.5. The predicted molar refractivity (Wildman–Crippen MR) is 102 cm³/mol. The van der Waals surface area contributed by atoms with Gasteiger partial charge in [-0.05, 0) is 99.2 Å². The van der Waals surface area contributed by atoms with E-state index in [0.717, 1.165) is 37.0 Å². The van der Waals surface area contributed by atoms with Crippen LogP contribution in [0.4, 0.5) is 0 Å². The quantitative estimate of drug-likeness (QED) is 0.564. The Labute approximate surface area is 158 Å². The lowest BCUT2D eigenvalue weighted by atomic mass is 9.45. The zero-order valence-electron chi connectivity index (χ0n) is 16.8. The topological polar surface area (TPSA) is 46.5 Å². The van der Waals surface area contributed by atoms with E-state index >= 15 is 0 Å². The monoisotopic (exact) mass is 360 g/mol. The molecule has 4 aliphatic carbocycles. The van der Waals surface area contributed by atoms with Crippen molar-refractivity contribution in [2.24, 2.45) is 34.5 Å². The number of ether oxygens (including phenoxy) is 1. The summed E-state index contributed by atoms with van der Waals surface area (Å²) in [4.78, 5) is 12.0. The first kappa shape index (κ1) is 18.5. The van der Waals surface area contributed by atoms with E-state index in [1.54, 1.807) is 0 Å². The molecule has 3 unspecified atom stereocenters. The molecule has 0 radical (unpaired) electrons. The summed E-state index contributed by atoms with van der Waals surface area (Å²) in [5.41, 5.74) is 1.98. The van der Waals surface area contributed by atoms with Crippen LogP contribution in [0.3, 0.4) is 0 Å². The second-order valence-electron chi connectivity index (χ2n) is 10.0. The first-order chi connectivity index (χ1) is 12.4. The summed E-state index contributed by atoms with van der Waals surface area (Å²) in [6.07, 6.45) is 12.4. The van der Waals surface area contributed by atoms with Crippen LogP contribution in [0.5, 0.6) is 0 Å². The van der Waals surface area contributed by atoms with Gasteiger partial charge in [-0.2, -0.15) is 0 Å². The number of hydrogen-bond donors (Lipinski definition) is 1. The highest BCUT2D eigenvalue weighted by atomic mass is 16.5. The Bertz CT molecular complexity index is 596. The van der Waals surface area contributed by atoms with Crippen molar-refractivity contribution in [2.75, 3.05) is 6.61 Å². The van der Waals surface area contributed by atoms with Gasteiger partial charge in [0.2, 0.25) is 0 Å². The standard InChI is InChI=1S/C23H36O3/c1-4-26-21(25)14-16-6-8-19-18-7-5-15-13-17(24)9-11-22(15,2)20(18)10-12-23(16,19)3/h14-15,17-20,24H,4-13H2,1-3H3/b16-14-/t15-,17-,18?,19?,20?,22-,23+/m0/s1. The molecule has 3 nitrogen and oxygen atoms in total. The third-order valence-electron chi connectivity index (χ3n) is 9.06. The highest BCUT2D eigenvalue weighted by molar-refractivity contribution is 5.83. The van der Waals surface area contributed by atoms with Crippen molar-refractivity contribution in [3.05, 3.63) is 11.6 Å². The molecule has 1 N–H and O–H groups in total. The summed E-state index contributed by atoms with van der Waals surface area (Å²) in [6, 6.07) is 0. The molecule has 26 heavy (non-hydrogen) atoms. The molecule has 0 heterocycles. The lowest BCUT2D eigenvalue weighted by Gasteiger charge is -2.60. The SMILES string of the molecule is CCOC(=O)/C=C1/CCC2C3CC[C@H]4C[C@@H](O)CC[C@]4(C)C3CC[C@]12C. The maximum absolute atomic E-state index is 12.0. The van der Waals surface area contributed by atoms with Crippen LogP contribution in [-0.4, -0.2) is 23.8 Å². The molecular formula is C23H36O3. The minimum Gasteiger partial charge on any atom is -0.463 e. The lowest BCUT2D eigenvalue weighted by molar-refractivity contribution is -0.137. The van der Waals surface area contributed by atoms with E-state index in [1.165, 1.54) is 44.1 Å². The highest BCUT2D eigenvalue weighted by Gasteiger charge is 2.58. The summed E-state index contributed by atoms with van der Waals surface area (Å²) in [7, 11) is 0. The van der Waals surface area contributed by atoms with E-state index in [4.69, 9.17) is 4.74 Å². The third-order valence-corrected chi connectivity index (χ3v) is 9.06. The van der Waals surface area contributed by atoms with Gasteiger partial charge in [0.05, 0.1) is 12.7 Å². The first-order valence-electron chi connectivity index (χ1n) is 10.9. The normalized spacial score (nSPS) is 49.2. The zero-order valence-corrected chi connectivity index (χ0v) is 16.8. The Morgan fingerprint density at radius 1 is 1.15 bits per heavy atom. The van der Waals surface area contributed by atoms with Crippen LogP contribution in [0.15, 0.2) is 11.6 Å². The molecule has 4 rings (SSSR count). The molecule has 146 valence electrons. The molecule has 0 amide bonds. The number of fused-ring (bicyclic) bond motifs is 5. The number of allylic oxidation sites excluding steroid dienone is 1. The van der Waals surface area contributed by atoms with Crippen molar-refractivity contribution in [3.8, 4) is 0 Å². The van der Waals surface area contributed by atoms with Crippen LogP contribution < -0.4 is 0 Å². The Morgan fingerprint density at radius 2 is 1.96 bits per heavy atom. The van der Waals surface area contributed by atoms with E-state index in [0.29, 0.717) is 17.9 Å². The van der Waals surface area contributed by atoms with E-state index in [2.05, 4.69) is 13.8 Å². The molecular weight excluding hydrogens is 324 g/mol. The second kappa shape index (κ2) is 6.65. The average molecular weight is 361 g/mol. The van der Waals surface area contributed by atoms with E-state index in [-0.39, 0.29) is 17.5 Å². The van der Waals surface area contributed by atoms with Gasteiger partial charge in [-0.15, -0.1) is 0 Å². The smallest absolute Gasteiger partial charge is 0.330 e.